The Morgan fingerprint density at radius 3 is 2.72 bits per heavy atom. The highest BCUT2D eigenvalue weighted by Crippen LogP contribution is 2.37. The predicted octanol–water partition coefficient (Wildman–Crippen LogP) is 6.25. The number of hydrogen-bond acceptors (Lipinski definition) is 4. The van der Waals surface area contributed by atoms with Crippen LogP contribution in [0.2, 0.25) is 5.02 Å². The van der Waals surface area contributed by atoms with Gasteiger partial charge in [-0.2, -0.15) is 0 Å². The third kappa shape index (κ3) is 4.90. The summed E-state index contributed by atoms with van der Waals surface area (Å²) < 4.78 is 0. The second-order valence-corrected chi connectivity index (χ2v) is 10.8. The first kappa shape index (κ1) is 23.0. The van der Waals surface area contributed by atoms with Gasteiger partial charge < -0.3 is 10.2 Å². The Morgan fingerprint density at radius 2 is 2.00 bits per heavy atom. The van der Waals surface area contributed by atoms with E-state index >= 15 is 0 Å². The van der Waals surface area contributed by atoms with Gasteiger partial charge in [-0.1, -0.05) is 38.4 Å². The largest absolute Gasteiger partial charge is 0.337 e. The first-order chi connectivity index (χ1) is 15.3. The molecule has 3 aromatic rings. The fourth-order valence-corrected chi connectivity index (χ4v) is 5.28. The fraction of sp³-hybridized carbons (Fsp3) is 0.385. The maximum atomic E-state index is 13.0. The molecule has 4 rings (SSSR count). The second kappa shape index (κ2) is 9.34. The van der Waals surface area contributed by atoms with Crippen molar-refractivity contribution >= 4 is 28.8 Å². The zero-order chi connectivity index (χ0) is 22.9. The molecule has 1 unspecified atom stereocenters. The lowest BCUT2D eigenvalue weighted by atomic mass is 9.90. The molecule has 6 heteroatoms. The van der Waals surface area contributed by atoms with Gasteiger partial charge >= 0.3 is 0 Å². The third-order valence-electron chi connectivity index (χ3n) is 6.06. The Morgan fingerprint density at radius 1 is 1.19 bits per heavy atom. The predicted molar refractivity (Wildman–Crippen MR) is 135 cm³/mol. The van der Waals surface area contributed by atoms with E-state index < -0.39 is 0 Å². The number of thiophene rings is 1. The van der Waals surface area contributed by atoms with Crippen LogP contribution in [0.15, 0.2) is 48.0 Å². The van der Waals surface area contributed by atoms with E-state index in [9.17, 15) is 4.79 Å². The molecule has 1 fully saturated rings. The number of likely N-dealkylation sites (tertiary alicyclic amines) is 1. The highest BCUT2D eigenvalue weighted by atomic mass is 35.5. The standard InChI is InChI=1S/C26H30ClN3OS/c1-26(2,3)24-14-17(9-10-29-24)23-13-19(16-32-23)21-8-7-18(12-22(21)27)25(31)30-11-5-6-20(15-30)28-4/h7-10,12-14,16,20,28H,5-6,11,15H2,1-4H3. The van der Waals surface area contributed by atoms with Gasteiger partial charge in [0.2, 0.25) is 0 Å². The van der Waals surface area contributed by atoms with E-state index in [1.807, 2.05) is 42.4 Å². The summed E-state index contributed by atoms with van der Waals surface area (Å²) in [6.07, 6.45) is 4.00. The summed E-state index contributed by atoms with van der Waals surface area (Å²) in [5.74, 6) is 0.0518. The summed E-state index contributed by atoms with van der Waals surface area (Å²) in [5, 5.41) is 6.01. The van der Waals surface area contributed by atoms with E-state index in [1.165, 1.54) is 4.88 Å². The minimum absolute atomic E-state index is 0.00332. The van der Waals surface area contributed by atoms with E-state index in [2.05, 4.69) is 48.6 Å². The zero-order valence-electron chi connectivity index (χ0n) is 19.1. The number of aromatic nitrogens is 1. The lowest BCUT2D eigenvalue weighted by molar-refractivity contribution is 0.0698. The van der Waals surface area contributed by atoms with Crippen LogP contribution in [-0.2, 0) is 5.41 Å². The number of likely N-dealkylation sites (N-methyl/N-ethyl adjacent to an activating group) is 1. The number of carbonyl (C=O) groups is 1. The van der Waals surface area contributed by atoms with Crippen LogP contribution in [0, 0.1) is 0 Å². The van der Waals surface area contributed by atoms with Gasteiger partial charge in [-0.05, 0) is 66.7 Å². The van der Waals surface area contributed by atoms with Gasteiger partial charge in [0, 0.05) is 57.5 Å². The normalized spacial score (nSPS) is 16.9. The number of halogens is 1. The molecule has 168 valence electrons. The number of hydrogen-bond donors (Lipinski definition) is 1. The number of nitrogens with one attached hydrogen (secondary N) is 1. The lowest BCUT2D eigenvalue weighted by Gasteiger charge is -2.32. The molecule has 1 amide bonds. The van der Waals surface area contributed by atoms with E-state index in [4.69, 9.17) is 11.6 Å². The van der Waals surface area contributed by atoms with Gasteiger partial charge in [0.1, 0.15) is 0 Å². The van der Waals surface area contributed by atoms with Gasteiger partial charge in [-0.3, -0.25) is 9.78 Å². The van der Waals surface area contributed by atoms with Crippen molar-refractivity contribution in [3.63, 3.8) is 0 Å². The van der Waals surface area contributed by atoms with Gasteiger partial charge in [-0.25, -0.2) is 0 Å². The molecule has 0 spiro atoms. The summed E-state index contributed by atoms with van der Waals surface area (Å²) in [6, 6.07) is 12.4. The van der Waals surface area contributed by atoms with Crippen molar-refractivity contribution in [2.75, 3.05) is 20.1 Å². The Kier molecular flexibility index (Phi) is 6.70. The molecule has 1 aliphatic rings. The van der Waals surface area contributed by atoms with Crippen molar-refractivity contribution < 1.29 is 4.79 Å². The Balaban J connectivity index is 1.56. The van der Waals surface area contributed by atoms with Gasteiger partial charge in [0.15, 0.2) is 0 Å². The average Bonchev–Trinajstić information content (AvgIpc) is 3.28. The van der Waals surface area contributed by atoms with E-state index in [-0.39, 0.29) is 11.3 Å². The van der Waals surface area contributed by atoms with E-state index in [0.717, 1.165) is 48.3 Å². The molecule has 4 nitrogen and oxygen atoms in total. The number of rotatable bonds is 4. The number of carbonyl (C=O) groups excluding carboxylic acids is 1. The van der Waals surface area contributed by atoms with Crippen molar-refractivity contribution in [3.05, 3.63) is 64.3 Å². The molecule has 2 aromatic heterocycles. The van der Waals surface area contributed by atoms with Crippen LogP contribution in [0.3, 0.4) is 0 Å². The topological polar surface area (TPSA) is 45.2 Å². The first-order valence-corrected chi connectivity index (χ1v) is 12.3. The summed E-state index contributed by atoms with van der Waals surface area (Å²) in [6.45, 7) is 8.05. The maximum absolute atomic E-state index is 13.0. The van der Waals surface area contributed by atoms with E-state index in [1.54, 1.807) is 11.3 Å². The highest BCUT2D eigenvalue weighted by Gasteiger charge is 2.24. The highest BCUT2D eigenvalue weighted by molar-refractivity contribution is 7.14. The van der Waals surface area contributed by atoms with Crippen LogP contribution in [0.1, 0.15) is 49.7 Å². The molecular weight excluding hydrogens is 438 g/mol. The molecule has 1 aromatic carbocycles. The summed E-state index contributed by atoms with van der Waals surface area (Å²) in [4.78, 5) is 20.6. The molecule has 32 heavy (non-hydrogen) atoms. The van der Waals surface area contributed by atoms with Crippen molar-refractivity contribution in [3.8, 4) is 21.6 Å². The van der Waals surface area contributed by atoms with Crippen LogP contribution < -0.4 is 5.32 Å². The minimum Gasteiger partial charge on any atom is -0.337 e. The number of nitrogens with zero attached hydrogens (tertiary/aromatic N) is 2. The number of piperidine rings is 1. The van der Waals surface area contributed by atoms with Crippen LogP contribution in [0.5, 0.6) is 0 Å². The average molecular weight is 468 g/mol. The molecule has 3 heterocycles. The van der Waals surface area contributed by atoms with Crippen molar-refractivity contribution in [1.29, 1.82) is 0 Å². The van der Waals surface area contributed by atoms with Crippen LogP contribution >= 0.6 is 22.9 Å². The molecule has 1 atom stereocenters. The van der Waals surface area contributed by atoms with E-state index in [0.29, 0.717) is 16.6 Å². The Hall–Kier alpha value is -2.21. The SMILES string of the molecule is CNC1CCCN(C(=O)c2ccc(-c3csc(-c4ccnc(C(C)(C)C)c4)c3)c(Cl)c2)C1. The lowest BCUT2D eigenvalue weighted by Crippen LogP contribution is -2.46. The monoisotopic (exact) mass is 467 g/mol. The van der Waals surface area contributed by atoms with Crippen molar-refractivity contribution in [2.24, 2.45) is 0 Å². The van der Waals surface area contributed by atoms with Crippen molar-refractivity contribution in [2.45, 2.75) is 45.1 Å². The quantitative estimate of drug-likeness (QED) is 0.493. The smallest absolute Gasteiger partial charge is 0.253 e. The van der Waals surface area contributed by atoms with Gasteiger partial charge in [-0.15, -0.1) is 11.3 Å². The number of amides is 1. The molecular formula is C26H30ClN3OS. The third-order valence-corrected chi connectivity index (χ3v) is 7.35. The Bertz CT molecular complexity index is 1120. The molecule has 1 aliphatic heterocycles. The molecule has 0 radical (unpaired) electrons. The number of pyridine rings is 1. The summed E-state index contributed by atoms with van der Waals surface area (Å²) in [5.41, 5.74) is 4.90. The molecule has 1 N–H and O–H groups in total. The van der Waals surface area contributed by atoms with Crippen molar-refractivity contribution in [1.82, 2.24) is 15.2 Å². The maximum Gasteiger partial charge on any atom is 0.253 e. The number of benzene rings is 1. The summed E-state index contributed by atoms with van der Waals surface area (Å²) >= 11 is 8.35. The van der Waals surface area contributed by atoms with Crippen LogP contribution in [-0.4, -0.2) is 42.0 Å². The Labute approximate surface area is 199 Å². The molecule has 0 saturated carbocycles. The fourth-order valence-electron chi connectivity index (χ4n) is 4.08. The summed E-state index contributed by atoms with van der Waals surface area (Å²) in [7, 11) is 1.95. The van der Waals surface area contributed by atoms with Crippen LogP contribution in [0.4, 0.5) is 0 Å². The molecule has 0 aliphatic carbocycles. The van der Waals surface area contributed by atoms with Crippen LogP contribution in [0.25, 0.3) is 21.6 Å². The molecule has 0 bridgehead atoms. The molecule has 1 saturated heterocycles. The van der Waals surface area contributed by atoms with Gasteiger partial charge in [0.05, 0.1) is 0 Å². The first-order valence-electron chi connectivity index (χ1n) is 11.1. The zero-order valence-corrected chi connectivity index (χ0v) is 20.7. The minimum atomic E-state index is 0.00332. The van der Waals surface area contributed by atoms with Gasteiger partial charge in [0.25, 0.3) is 5.91 Å². The second-order valence-electron chi connectivity index (χ2n) is 9.45.